The van der Waals surface area contributed by atoms with E-state index in [0.29, 0.717) is 24.5 Å². The van der Waals surface area contributed by atoms with Crippen LogP contribution in [0.3, 0.4) is 0 Å². The van der Waals surface area contributed by atoms with Crippen molar-refractivity contribution in [3.05, 3.63) is 36.0 Å². The van der Waals surface area contributed by atoms with Gasteiger partial charge in [-0.1, -0.05) is 5.16 Å². The van der Waals surface area contributed by atoms with Gasteiger partial charge in [-0.2, -0.15) is 0 Å². The zero-order valence-corrected chi connectivity index (χ0v) is 12.1. The molecular weight excluding hydrogens is 272 g/mol. The van der Waals surface area contributed by atoms with Crippen LogP contribution < -0.4 is 10.1 Å². The van der Waals surface area contributed by atoms with Crippen molar-refractivity contribution in [3.8, 4) is 17.1 Å². The first kappa shape index (κ1) is 15.1. The lowest BCUT2D eigenvalue weighted by atomic mass is 10.1. The summed E-state index contributed by atoms with van der Waals surface area (Å²) < 4.78 is 15.2. The van der Waals surface area contributed by atoms with Gasteiger partial charge in [0.05, 0.1) is 13.3 Å². The standard InChI is InChI=1S/C15H18N2O4/c1-19-9-3-8-16-15(18)13-10-17-21-14(13)11-4-6-12(20-2)7-5-11/h4-7,10H,3,8-9H2,1-2H3,(H,16,18). The molecule has 0 atom stereocenters. The molecule has 112 valence electrons. The molecule has 2 aromatic rings. The van der Waals surface area contributed by atoms with Gasteiger partial charge in [0.25, 0.3) is 5.91 Å². The van der Waals surface area contributed by atoms with Gasteiger partial charge in [-0.25, -0.2) is 0 Å². The van der Waals surface area contributed by atoms with Crippen LogP contribution in [-0.2, 0) is 4.74 Å². The van der Waals surface area contributed by atoms with E-state index in [-0.39, 0.29) is 5.91 Å². The van der Waals surface area contributed by atoms with Crippen molar-refractivity contribution in [1.29, 1.82) is 0 Å². The van der Waals surface area contributed by atoms with E-state index >= 15 is 0 Å². The fourth-order valence-electron chi connectivity index (χ4n) is 1.87. The quantitative estimate of drug-likeness (QED) is 0.791. The topological polar surface area (TPSA) is 73.6 Å². The first-order chi connectivity index (χ1) is 10.3. The number of rotatable bonds is 7. The van der Waals surface area contributed by atoms with E-state index in [2.05, 4.69) is 10.5 Å². The first-order valence-corrected chi connectivity index (χ1v) is 6.62. The molecule has 0 aliphatic heterocycles. The molecule has 0 unspecified atom stereocenters. The van der Waals surface area contributed by atoms with Crippen LogP contribution in [-0.4, -0.2) is 38.4 Å². The maximum atomic E-state index is 12.1. The Hall–Kier alpha value is -2.34. The number of ether oxygens (including phenoxy) is 2. The number of methoxy groups -OCH3 is 2. The Labute approximate surface area is 123 Å². The Balaban J connectivity index is 2.08. The molecular formula is C15H18N2O4. The van der Waals surface area contributed by atoms with E-state index in [4.69, 9.17) is 14.0 Å². The minimum Gasteiger partial charge on any atom is -0.497 e. The van der Waals surface area contributed by atoms with Gasteiger partial charge < -0.3 is 19.3 Å². The number of carbonyl (C=O) groups is 1. The summed E-state index contributed by atoms with van der Waals surface area (Å²) in [7, 11) is 3.23. The van der Waals surface area contributed by atoms with Crippen LogP contribution in [0, 0.1) is 0 Å². The lowest BCUT2D eigenvalue weighted by Crippen LogP contribution is -2.25. The average Bonchev–Trinajstić information content (AvgIpc) is 3.01. The fraction of sp³-hybridized carbons (Fsp3) is 0.333. The number of benzene rings is 1. The number of aromatic nitrogens is 1. The first-order valence-electron chi connectivity index (χ1n) is 6.62. The van der Waals surface area contributed by atoms with Crippen molar-refractivity contribution >= 4 is 5.91 Å². The van der Waals surface area contributed by atoms with Crippen molar-refractivity contribution in [2.45, 2.75) is 6.42 Å². The third kappa shape index (κ3) is 3.82. The average molecular weight is 290 g/mol. The molecule has 0 spiro atoms. The molecule has 0 saturated heterocycles. The predicted molar refractivity (Wildman–Crippen MR) is 77.3 cm³/mol. The van der Waals surface area contributed by atoms with Gasteiger partial charge >= 0.3 is 0 Å². The second kappa shape index (κ2) is 7.44. The van der Waals surface area contributed by atoms with Crippen molar-refractivity contribution in [2.75, 3.05) is 27.4 Å². The third-order valence-electron chi connectivity index (χ3n) is 2.98. The Morgan fingerprint density at radius 3 is 2.71 bits per heavy atom. The van der Waals surface area contributed by atoms with Crippen molar-refractivity contribution in [2.24, 2.45) is 0 Å². The van der Waals surface area contributed by atoms with Crippen LogP contribution >= 0.6 is 0 Å². The van der Waals surface area contributed by atoms with Crippen LogP contribution in [0.15, 0.2) is 35.0 Å². The zero-order valence-electron chi connectivity index (χ0n) is 12.1. The van der Waals surface area contributed by atoms with Crippen LogP contribution in [0.25, 0.3) is 11.3 Å². The molecule has 0 aliphatic carbocycles. The molecule has 21 heavy (non-hydrogen) atoms. The molecule has 1 aromatic carbocycles. The lowest BCUT2D eigenvalue weighted by molar-refractivity contribution is 0.0949. The van der Waals surface area contributed by atoms with Gasteiger partial charge in [-0.05, 0) is 30.7 Å². The highest BCUT2D eigenvalue weighted by Crippen LogP contribution is 2.25. The van der Waals surface area contributed by atoms with E-state index in [1.807, 2.05) is 12.1 Å². The number of nitrogens with zero attached hydrogens (tertiary/aromatic N) is 1. The summed E-state index contributed by atoms with van der Waals surface area (Å²) in [6.07, 6.45) is 2.18. The summed E-state index contributed by atoms with van der Waals surface area (Å²) in [6, 6.07) is 7.25. The summed E-state index contributed by atoms with van der Waals surface area (Å²) in [4.78, 5) is 12.1. The highest BCUT2D eigenvalue weighted by atomic mass is 16.5. The van der Waals surface area contributed by atoms with E-state index in [1.54, 1.807) is 26.4 Å². The smallest absolute Gasteiger partial charge is 0.256 e. The molecule has 0 radical (unpaired) electrons. The minimum atomic E-state index is -0.210. The summed E-state index contributed by atoms with van der Waals surface area (Å²) in [6.45, 7) is 1.15. The van der Waals surface area contributed by atoms with Crippen LogP contribution in [0.1, 0.15) is 16.8 Å². The fourth-order valence-corrected chi connectivity index (χ4v) is 1.87. The van der Waals surface area contributed by atoms with E-state index in [1.165, 1.54) is 6.20 Å². The van der Waals surface area contributed by atoms with Gasteiger partial charge in [0, 0.05) is 25.8 Å². The molecule has 6 heteroatoms. The van der Waals surface area contributed by atoms with Crippen LogP contribution in [0.2, 0.25) is 0 Å². The monoisotopic (exact) mass is 290 g/mol. The molecule has 2 rings (SSSR count). The highest BCUT2D eigenvalue weighted by Gasteiger charge is 2.17. The molecule has 6 nitrogen and oxygen atoms in total. The molecule has 0 bridgehead atoms. The summed E-state index contributed by atoms with van der Waals surface area (Å²) in [5.74, 6) is 0.976. The highest BCUT2D eigenvalue weighted by molar-refractivity contribution is 5.99. The summed E-state index contributed by atoms with van der Waals surface area (Å²) >= 11 is 0. The van der Waals surface area contributed by atoms with E-state index in [0.717, 1.165) is 17.7 Å². The number of hydrogen-bond acceptors (Lipinski definition) is 5. The summed E-state index contributed by atoms with van der Waals surface area (Å²) in [5, 5.41) is 6.52. The Bertz CT molecular complexity index is 578. The third-order valence-corrected chi connectivity index (χ3v) is 2.98. The van der Waals surface area contributed by atoms with Gasteiger partial charge in [0.1, 0.15) is 11.3 Å². The number of carbonyl (C=O) groups excluding carboxylic acids is 1. The van der Waals surface area contributed by atoms with Crippen LogP contribution in [0.5, 0.6) is 5.75 Å². The summed E-state index contributed by atoms with van der Waals surface area (Å²) in [5.41, 5.74) is 1.19. The molecule has 0 saturated carbocycles. The number of hydrogen-bond donors (Lipinski definition) is 1. The second-order valence-electron chi connectivity index (χ2n) is 4.40. The van der Waals surface area contributed by atoms with E-state index < -0.39 is 0 Å². The van der Waals surface area contributed by atoms with Crippen molar-refractivity contribution < 1.29 is 18.8 Å². The SMILES string of the molecule is COCCCNC(=O)c1cnoc1-c1ccc(OC)cc1. The Kier molecular flexibility index (Phi) is 5.34. The number of amides is 1. The van der Waals surface area contributed by atoms with Gasteiger partial charge in [0.15, 0.2) is 5.76 Å². The van der Waals surface area contributed by atoms with E-state index in [9.17, 15) is 4.79 Å². The largest absolute Gasteiger partial charge is 0.497 e. The maximum Gasteiger partial charge on any atom is 0.256 e. The van der Waals surface area contributed by atoms with Crippen molar-refractivity contribution in [1.82, 2.24) is 10.5 Å². The lowest BCUT2D eigenvalue weighted by Gasteiger charge is -2.05. The number of nitrogens with one attached hydrogen (secondary N) is 1. The predicted octanol–water partition coefficient (Wildman–Crippen LogP) is 2.12. The van der Waals surface area contributed by atoms with Crippen LogP contribution in [0.4, 0.5) is 0 Å². The minimum absolute atomic E-state index is 0.210. The molecule has 0 fully saturated rings. The normalized spacial score (nSPS) is 10.4. The molecule has 1 N–H and O–H groups in total. The Morgan fingerprint density at radius 2 is 2.05 bits per heavy atom. The van der Waals surface area contributed by atoms with Crippen molar-refractivity contribution in [3.63, 3.8) is 0 Å². The molecule has 1 aromatic heterocycles. The van der Waals surface area contributed by atoms with Gasteiger partial charge in [-0.3, -0.25) is 4.79 Å². The molecule has 1 amide bonds. The molecule has 0 aliphatic rings. The zero-order chi connectivity index (χ0) is 15.1. The Morgan fingerprint density at radius 1 is 1.29 bits per heavy atom. The van der Waals surface area contributed by atoms with Gasteiger partial charge in [-0.15, -0.1) is 0 Å². The second-order valence-corrected chi connectivity index (χ2v) is 4.40. The van der Waals surface area contributed by atoms with Gasteiger partial charge in [0.2, 0.25) is 0 Å². The molecule has 1 heterocycles. The maximum absolute atomic E-state index is 12.1.